The van der Waals surface area contributed by atoms with Crippen LogP contribution in [0.15, 0.2) is 6.07 Å². The van der Waals surface area contributed by atoms with E-state index in [4.69, 9.17) is 0 Å². The third kappa shape index (κ3) is 2.96. The first-order chi connectivity index (χ1) is 9.20. The summed E-state index contributed by atoms with van der Waals surface area (Å²) in [7, 11) is 0. The highest BCUT2D eigenvalue weighted by atomic mass is 32.1. The zero-order valence-corrected chi connectivity index (χ0v) is 13.2. The van der Waals surface area contributed by atoms with Gasteiger partial charge >= 0.3 is 5.69 Å². The molecule has 1 aliphatic rings. The van der Waals surface area contributed by atoms with Gasteiger partial charge in [-0.05, 0) is 24.7 Å². The lowest BCUT2D eigenvalue weighted by molar-refractivity contribution is -0.383. The minimum absolute atomic E-state index is 0.125. The van der Waals surface area contributed by atoms with Gasteiger partial charge in [-0.3, -0.25) is 10.1 Å². The SMILES string of the molecule is CC(O)c1cc([N+](=O)[O-])c(N2CCC(C(C)(C)C)C2)s1. The minimum atomic E-state index is -0.659. The van der Waals surface area contributed by atoms with Crippen molar-refractivity contribution in [2.24, 2.45) is 11.3 Å². The van der Waals surface area contributed by atoms with Gasteiger partial charge in [-0.25, -0.2) is 0 Å². The van der Waals surface area contributed by atoms with Crippen LogP contribution in [0.25, 0.3) is 0 Å². The highest BCUT2D eigenvalue weighted by molar-refractivity contribution is 7.16. The van der Waals surface area contributed by atoms with Crippen LogP contribution in [0.5, 0.6) is 0 Å². The van der Waals surface area contributed by atoms with Gasteiger partial charge in [0, 0.05) is 24.0 Å². The summed E-state index contributed by atoms with van der Waals surface area (Å²) in [5.74, 6) is 0.541. The zero-order chi connectivity index (χ0) is 15.1. The second kappa shape index (κ2) is 5.33. The Labute approximate surface area is 123 Å². The third-order valence-electron chi connectivity index (χ3n) is 4.02. The number of aliphatic hydroxyl groups is 1. The summed E-state index contributed by atoms with van der Waals surface area (Å²) in [6.07, 6.45) is 0.399. The van der Waals surface area contributed by atoms with Gasteiger partial charge in [0.05, 0.1) is 11.0 Å². The van der Waals surface area contributed by atoms with Crippen LogP contribution in [-0.4, -0.2) is 23.1 Å². The molecule has 0 aromatic carbocycles. The van der Waals surface area contributed by atoms with Crippen LogP contribution in [-0.2, 0) is 0 Å². The van der Waals surface area contributed by atoms with Crippen molar-refractivity contribution < 1.29 is 10.0 Å². The van der Waals surface area contributed by atoms with Gasteiger partial charge in [0.1, 0.15) is 0 Å². The molecule has 0 aliphatic carbocycles. The maximum atomic E-state index is 11.2. The summed E-state index contributed by atoms with van der Waals surface area (Å²) in [6.45, 7) is 9.98. The number of anilines is 1. The molecule has 1 fully saturated rings. The largest absolute Gasteiger partial charge is 0.388 e. The lowest BCUT2D eigenvalue weighted by Gasteiger charge is -2.27. The summed E-state index contributed by atoms with van der Waals surface area (Å²) in [5, 5.41) is 21.5. The van der Waals surface area contributed by atoms with E-state index in [9.17, 15) is 15.2 Å². The first-order valence-corrected chi connectivity index (χ1v) is 7.73. The van der Waals surface area contributed by atoms with E-state index in [1.807, 2.05) is 0 Å². The van der Waals surface area contributed by atoms with Crippen molar-refractivity contribution in [2.75, 3.05) is 18.0 Å². The van der Waals surface area contributed by atoms with E-state index in [1.54, 1.807) is 6.92 Å². The van der Waals surface area contributed by atoms with Crippen molar-refractivity contribution in [1.29, 1.82) is 0 Å². The molecule has 20 heavy (non-hydrogen) atoms. The predicted octanol–water partition coefficient (Wildman–Crippen LogP) is 3.58. The van der Waals surface area contributed by atoms with Gasteiger partial charge in [-0.15, -0.1) is 11.3 Å². The summed E-state index contributed by atoms with van der Waals surface area (Å²) in [6, 6.07) is 1.51. The van der Waals surface area contributed by atoms with Crippen molar-refractivity contribution >= 4 is 22.0 Å². The molecule has 6 heteroatoms. The normalized spacial score (nSPS) is 21.2. The maximum absolute atomic E-state index is 11.2. The number of aliphatic hydroxyl groups excluding tert-OH is 1. The minimum Gasteiger partial charge on any atom is -0.388 e. The highest BCUT2D eigenvalue weighted by Gasteiger charge is 2.35. The molecule has 2 heterocycles. The Morgan fingerprint density at radius 3 is 2.65 bits per heavy atom. The van der Waals surface area contributed by atoms with Crippen LogP contribution in [0.1, 0.15) is 45.1 Å². The average Bonchev–Trinajstić information content (AvgIpc) is 2.94. The number of hydrogen-bond donors (Lipinski definition) is 1. The summed E-state index contributed by atoms with van der Waals surface area (Å²) in [5.41, 5.74) is 0.342. The molecule has 1 aromatic rings. The zero-order valence-electron chi connectivity index (χ0n) is 12.4. The van der Waals surface area contributed by atoms with Gasteiger partial charge in [0.25, 0.3) is 0 Å². The Hall–Kier alpha value is -1.14. The number of nitrogens with zero attached hydrogens (tertiary/aromatic N) is 2. The third-order valence-corrected chi connectivity index (χ3v) is 5.38. The molecule has 1 saturated heterocycles. The monoisotopic (exact) mass is 298 g/mol. The van der Waals surface area contributed by atoms with Gasteiger partial charge in [0.2, 0.25) is 0 Å². The number of nitro groups is 1. The quantitative estimate of drug-likeness (QED) is 0.684. The fourth-order valence-corrected chi connectivity index (χ4v) is 3.70. The van der Waals surface area contributed by atoms with Crippen LogP contribution in [0.4, 0.5) is 10.7 Å². The van der Waals surface area contributed by atoms with Gasteiger partial charge in [-0.1, -0.05) is 20.8 Å². The molecular weight excluding hydrogens is 276 g/mol. The molecule has 1 aromatic heterocycles. The highest BCUT2D eigenvalue weighted by Crippen LogP contribution is 2.44. The molecular formula is C14H22N2O3S. The van der Waals surface area contributed by atoms with Crippen molar-refractivity contribution in [3.05, 3.63) is 21.1 Å². The topological polar surface area (TPSA) is 66.6 Å². The molecule has 2 rings (SSSR count). The molecule has 0 radical (unpaired) electrons. The molecule has 1 N–H and O–H groups in total. The van der Waals surface area contributed by atoms with Crippen LogP contribution in [0, 0.1) is 21.4 Å². The maximum Gasteiger partial charge on any atom is 0.304 e. The summed E-state index contributed by atoms with van der Waals surface area (Å²) >= 11 is 1.34. The number of thiophene rings is 1. The first-order valence-electron chi connectivity index (χ1n) is 6.91. The standard InChI is InChI=1S/C14H22N2O3S/c1-9(17)12-7-11(16(18)19)13(20-12)15-6-5-10(8-15)14(2,3)4/h7,9-10,17H,5-6,8H2,1-4H3. The number of hydrogen-bond acceptors (Lipinski definition) is 5. The summed E-state index contributed by atoms with van der Waals surface area (Å²) in [4.78, 5) is 13.6. The molecule has 0 bridgehead atoms. The Balaban J connectivity index is 2.27. The van der Waals surface area contributed by atoms with Crippen LogP contribution < -0.4 is 4.90 Å². The molecule has 0 amide bonds. The molecule has 0 saturated carbocycles. The van der Waals surface area contributed by atoms with E-state index in [0.29, 0.717) is 15.8 Å². The van der Waals surface area contributed by atoms with Gasteiger partial charge < -0.3 is 10.0 Å². The van der Waals surface area contributed by atoms with Gasteiger partial charge in [-0.2, -0.15) is 0 Å². The van der Waals surface area contributed by atoms with Crippen LogP contribution in [0.3, 0.4) is 0 Å². The Morgan fingerprint density at radius 2 is 2.20 bits per heavy atom. The van der Waals surface area contributed by atoms with Crippen LogP contribution >= 0.6 is 11.3 Å². The molecule has 2 unspecified atom stereocenters. The second-order valence-electron chi connectivity index (χ2n) is 6.57. The second-order valence-corrected chi connectivity index (χ2v) is 7.63. The Bertz CT molecular complexity index is 505. The van der Waals surface area contributed by atoms with Crippen molar-refractivity contribution in [2.45, 2.75) is 40.2 Å². The van der Waals surface area contributed by atoms with E-state index in [1.165, 1.54) is 17.4 Å². The fraction of sp³-hybridized carbons (Fsp3) is 0.714. The van der Waals surface area contributed by atoms with Crippen molar-refractivity contribution in [1.82, 2.24) is 0 Å². The summed E-state index contributed by atoms with van der Waals surface area (Å²) < 4.78 is 0. The van der Waals surface area contributed by atoms with E-state index in [0.717, 1.165) is 19.5 Å². The lowest BCUT2D eigenvalue weighted by Crippen LogP contribution is -2.25. The average molecular weight is 298 g/mol. The fourth-order valence-electron chi connectivity index (χ4n) is 2.60. The van der Waals surface area contributed by atoms with Crippen molar-refractivity contribution in [3.63, 3.8) is 0 Å². The predicted molar refractivity (Wildman–Crippen MR) is 81.4 cm³/mol. The van der Waals surface area contributed by atoms with E-state index >= 15 is 0 Å². The lowest BCUT2D eigenvalue weighted by atomic mass is 9.80. The van der Waals surface area contributed by atoms with Crippen molar-refractivity contribution in [3.8, 4) is 0 Å². The van der Waals surface area contributed by atoms with E-state index in [2.05, 4.69) is 25.7 Å². The van der Waals surface area contributed by atoms with E-state index < -0.39 is 6.10 Å². The first kappa shape index (κ1) is 15.3. The molecule has 5 nitrogen and oxygen atoms in total. The molecule has 2 atom stereocenters. The Kier molecular flexibility index (Phi) is 4.07. The van der Waals surface area contributed by atoms with Crippen LogP contribution in [0.2, 0.25) is 0 Å². The van der Waals surface area contributed by atoms with Gasteiger partial charge in [0.15, 0.2) is 5.00 Å². The number of rotatable bonds is 3. The molecule has 1 aliphatic heterocycles. The molecule has 112 valence electrons. The Morgan fingerprint density at radius 1 is 1.55 bits per heavy atom. The molecule has 0 spiro atoms. The van der Waals surface area contributed by atoms with E-state index in [-0.39, 0.29) is 16.0 Å². The smallest absolute Gasteiger partial charge is 0.304 e.